The van der Waals surface area contributed by atoms with Crippen molar-refractivity contribution in [1.29, 1.82) is 0 Å². The molecule has 0 aliphatic carbocycles. The third-order valence-corrected chi connectivity index (χ3v) is 18.9. The average Bonchev–Trinajstić information content (AvgIpc) is 2.72. The van der Waals surface area contributed by atoms with Gasteiger partial charge in [-0.25, -0.2) is 0 Å². The molecular weight excluding hydrogens is 447 g/mol. The van der Waals surface area contributed by atoms with Gasteiger partial charge < -0.3 is 31.1 Å². The quantitative estimate of drug-likeness (QED) is 0.295. The van der Waals surface area contributed by atoms with Crippen LogP contribution in [0.1, 0.15) is 0 Å². The standard InChI is InChI=1S/C14H27O8PS2Si2/c1-16-26(17-2,18-3)12-24-23(15,22-14-10-8-7-9-11-14)25-13-27(19-4,20-5)21-6/h7-11H,12-13H2,1-6H3. The zero-order chi connectivity index (χ0) is 20.4. The van der Waals surface area contributed by atoms with E-state index in [1.54, 1.807) is 12.1 Å². The Labute approximate surface area is 171 Å². The molecule has 0 heterocycles. The molecule has 13 heteroatoms. The molecular formula is C14H27O8PS2Si2. The fourth-order valence-corrected chi connectivity index (χ4v) is 19.1. The van der Waals surface area contributed by atoms with Gasteiger partial charge in [0.15, 0.2) is 0 Å². The maximum atomic E-state index is 13.6. The van der Waals surface area contributed by atoms with Gasteiger partial charge in [-0.1, -0.05) is 18.2 Å². The molecule has 0 saturated heterocycles. The SMILES string of the molecule is CO[Si](CSP(=O)(Oc1ccccc1)SC[Si](OC)(OC)OC)(OC)OC. The van der Waals surface area contributed by atoms with Gasteiger partial charge in [0.2, 0.25) is 0 Å². The predicted molar refractivity (Wildman–Crippen MR) is 113 cm³/mol. The van der Waals surface area contributed by atoms with Crippen molar-refractivity contribution < 1.29 is 35.6 Å². The molecule has 8 nitrogen and oxygen atoms in total. The van der Waals surface area contributed by atoms with Gasteiger partial charge in [0, 0.05) is 42.7 Å². The Balaban J connectivity index is 3.00. The van der Waals surface area contributed by atoms with Gasteiger partial charge in [-0.05, 0) is 34.9 Å². The highest BCUT2D eigenvalue weighted by Gasteiger charge is 2.46. The zero-order valence-electron chi connectivity index (χ0n) is 16.3. The predicted octanol–water partition coefficient (Wildman–Crippen LogP) is 3.47. The summed E-state index contributed by atoms with van der Waals surface area (Å²) in [5.74, 6) is -2.79. The van der Waals surface area contributed by atoms with Crippen molar-refractivity contribution in [1.82, 2.24) is 0 Å². The van der Waals surface area contributed by atoms with E-state index in [-0.39, 0.29) is 10.8 Å². The maximum absolute atomic E-state index is 13.6. The number of hydrogen-bond donors (Lipinski definition) is 0. The zero-order valence-corrected chi connectivity index (χ0v) is 20.9. The number of hydrogen-bond acceptors (Lipinski definition) is 10. The van der Waals surface area contributed by atoms with Gasteiger partial charge >= 0.3 is 23.4 Å². The second kappa shape index (κ2) is 12.0. The minimum absolute atomic E-state index is 0.259. The molecule has 1 aromatic rings. The van der Waals surface area contributed by atoms with E-state index >= 15 is 0 Å². The van der Waals surface area contributed by atoms with Crippen molar-refractivity contribution in [3.63, 3.8) is 0 Å². The summed E-state index contributed by atoms with van der Waals surface area (Å²) in [5, 5.41) is 0.518. The number of rotatable bonds is 14. The van der Waals surface area contributed by atoms with Gasteiger partial charge in [0.05, 0.1) is 10.8 Å². The molecule has 0 atom stereocenters. The molecule has 0 bridgehead atoms. The smallest absolute Gasteiger partial charge is 0.429 e. The Morgan fingerprint density at radius 3 is 1.44 bits per heavy atom. The maximum Gasteiger partial charge on any atom is 0.511 e. The van der Waals surface area contributed by atoms with Crippen molar-refractivity contribution in [3.05, 3.63) is 30.3 Å². The Morgan fingerprint density at radius 1 is 0.741 bits per heavy atom. The van der Waals surface area contributed by atoms with Gasteiger partial charge in [-0.15, -0.1) is 0 Å². The van der Waals surface area contributed by atoms with Gasteiger partial charge in [-0.3, -0.25) is 4.57 Å². The topological polar surface area (TPSA) is 81.7 Å². The third kappa shape index (κ3) is 7.48. The van der Waals surface area contributed by atoms with Crippen molar-refractivity contribution in [2.24, 2.45) is 0 Å². The summed E-state index contributed by atoms with van der Waals surface area (Å²) >= 11 is 2.22. The molecule has 0 aromatic heterocycles. The summed E-state index contributed by atoms with van der Waals surface area (Å²) in [5.41, 5.74) is 0. The molecule has 0 aliphatic rings. The van der Waals surface area contributed by atoms with Crippen LogP contribution in [0.5, 0.6) is 5.75 Å². The van der Waals surface area contributed by atoms with Gasteiger partial charge in [0.25, 0.3) is 0 Å². The van der Waals surface area contributed by atoms with Gasteiger partial charge in [-0.2, -0.15) is 0 Å². The molecule has 0 amide bonds. The summed E-state index contributed by atoms with van der Waals surface area (Å²) in [7, 11) is 3.19. The highest BCUT2D eigenvalue weighted by molar-refractivity contribution is 8.89. The summed E-state index contributed by atoms with van der Waals surface area (Å²) in [6.45, 7) is 0. The monoisotopic (exact) mass is 474 g/mol. The molecule has 156 valence electrons. The second-order valence-electron chi connectivity index (χ2n) is 4.99. The lowest BCUT2D eigenvalue weighted by Crippen LogP contribution is -2.46. The first-order valence-electron chi connectivity index (χ1n) is 7.80. The van der Waals surface area contributed by atoms with Crippen molar-refractivity contribution in [2.45, 2.75) is 0 Å². The number of benzene rings is 1. The van der Waals surface area contributed by atoms with E-state index in [2.05, 4.69) is 0 Å². The lowest BCUT2D eigenvalue weighted by molar-refractivity contribution is 0.130. The van der Waals surface area contributed by atoms with E-state index in [9.17, 15) is 4.57 Å². The molecule has 0 spiro atoms. The first kappa shape index (κ1) is 25.2. The largest absolute Gasteiger partial charge is 0.511 e. The summed E-state index contributed by atoms with van der Waals surface area (Å²) < 4.78 is 51.9. The Morgan fingerprint density at radius 2 is 1.11 bits per heavy atom. The molecule has 0 unspecified atom stereocenters. The van der Waals surface area contributed by atoms with Crippen LogP contribution in [0.15, 0.2) is 30.3 Å². The van der Waals surface area contributed by atoms with E-state index in [0.717, 1.165) is 22.8 Å². The van der Waals surface area contributed by atoms with Crippen LogP contribution < -0.4 is 4.52 Å². The summed E-state index contributed by atoms with van der Waals surface area (Å²) in [6, 6.07) is 8.97. The fourth-order valence-electron chi connectivity index (χ4n) is 1.87. The second-order valence-corrected chi connectivity index (χ2v) is 19.2. The molecule has 0 fully saturated rings. The first-order chi connectivity index (χ1) is 12.9. The van der Waals surface area contributed by atoms with Gasteiger partial charge in [0.1, 0.15) is 5.75 Å². The molecule has 27 heavy (non-hydrogen) atoms. The van der Waals surface area contributed by atoms with E-state index in [4.69, 9.17) is 31.1 Å². The summed E-state index contributed by atoms with van der Waals surface area (Å²) in [6.07, 6.45) is 0. The van der Waals surface area contributed by atoms with Crippen LogP contribution in [-0.4, -0.2) is 71.0 Å². The lowest BCUT2D eigenvalue weighted by Gasteiger charge is -2.28. The fraction of sp³-hybridized carbons (Fsp3) is 0.571. The minimum Gasteiger partial charge on any atom is -0.429 e. The normalized spacial score (nSPS) is 13.0. The minimum atomic E-state index is -3.29. The molecule has 1 aromatic carbocycles. The van der Waals surface area contributed by atoms with E-state index in [1.165, 1.54) is 42.7 Å². The van der Waals surface area contributed by atoms with E-state index < -0.39 is 23.4 Å². The van der Waals surface area contributed by atoms with Crippen molar-refractivity contribution in [2.75, 3.05) is 53.4 Å². The first-order valence-corrected chi connectivity index (χ1v) is 16.5. The van der Waals surface area contributed by atoms with Crippen LogP contribution in [0.25, 0.3) is 0 Å². The molecule has 1 rings (SSSR count). The third-order valence-electron chi connectivity index (χ3n) is 3.63. The Hall–Kier alpha value is 0.144. The molecule has 0 aliphatic heterocycles. The van der Waals surface area contributed by atoms with Crippen LogP contribution in [-0.2, 0) is 31.1 Å². The Kier molecular flexibility index (Phi) is 11.2. The van der Waals surface area contributed by atoms with Crippen LogP contribution >= 0.6 is 28.5 Å². The van der Waals surface area contributed by atoms with Crippen LogP contribution in [0.3, 0.4) is 0 Å². The lowest BCUT2D eigenvalue weighted by atomic mass is 10.3. The van der Waals surface area contributed by atoms with E-state index in [1.807, 2.05) is 18.2 Å². The van der Waals surface area contributed by atoms with Crippen molar-refractivity contribution >= 4 is 46.1 Å². The number of para-hydroxylation sites is 1. The average molecular weight is 475 g/mol. The highest BCUT2D eigenvalue weighted by atomic mass is 33.1. The van der Waals surface area contributed by atoms with Crippen LogP contribution in [0.2, 0.25) is 0 Å². The Bertz CT molecular complexity index is 545. The molecule has 0 N–H and O–H groups in total. The highest BCUT2D eigenvalue weighted by Crippen LogP contribution is 2.69. The van der Waals surface area contributed by atoms with Crippen molar-refractivity contribution in [3.8, 4) is 5.75 Å². The summed E-state index contributed by atoms with van der Waals surface area (Å²) in [4.78, 5) is 0. The molecule has 0 saturated carbocycles. The van der Waals surface area contributed by atoms with E-state index in [0.29, 0.717) is 5.75 Å². The van der Waals surface area contributed by atoms with Crippen LogP contribution in [0, 0.1) is 0 Å². The molecule has 0 radical (unpaired) electrons. The van der Waals surface area contributed by atoms with Crippen LogP contribution in [0.4, 0.5) is 0 Å².